The molecule has 1 N–H and O–H groups in total. The molecule has 0 bridgehead atoms. The predicted octanol–water partition coefficient (Wildman–Crippen LogP) is 4.29. The van der Waals surface area contributed by atoms with Gasteiger partial charge >= 0.3 is 0 Å². The van der Waals surface area contributed by atoms with Gasteiger partial charge in [-0.05, 0) is 43.3 Å². The maximum Gasteiger partial charge on any atom is 0.227 e. The fraction of sp³-hybridized carbons (Fsp3) is 0.278. The second-order valence-corrected chi connectivity index (χ2v) is 6.63. The number of carbonyl (C=O) groups excluding carboxylic acids is 1. The fourth-order valence-corrected chi connectivity index (χ4v) is 3.30. The first-order valence-electron chi connectivity index (χ1n) is 7.76. The average Bonchev–Trinajstić information content (AvgIpc) is 3.19. The molecule has 0 aliphatic carbocycles. The van der Waals surface area contributed by atoms with Crippen LogP contribution in [0.4, 0.5) is 5.69 Å². The first-order valence-corrected chi connectivity index (χ1v) is 8.70. The maximum atomic E-state index is 12.2. The molecule has 0 spiro atoms. The van der Waals surface area contributed by atoms with Gasteiger partial charge < -0.3 is 9.84 Å². The zero-order valence-electron chi connectivity index (χ0n) is 13.9. The van der Waals surface area contributed by atoms with Gasteiger partial charge in [0.1, 0.15) is 0 Å². The Labute approximate surface area is 144 Å². The summed E-state index contributed by atoms with van der Waals surface area (Å²) in [5.74, 6) is 0.987. The molecule has 0 saturated heterocycles. The molecule has 24 heavy (non-hydrogen) atoms. The van der Waals surface area contributed by atoms with E-state index in [0.717, 1.165) is 22.4 Å². The van der Waals surface area contributed by atoms with E-state index in [4.69, 9.17) is 4.52 Å². The Bertz CT molecular complexity index is 830. The first-order chi connectivity index (χ1) is 11.5. The summed E-state index contributed by atoms with van der Waals surface area (Å²) in [5, 5.41) is 10.9. The third-order valence-corrected chi connectivity index (χ3v) is 4.44. The minimum absolute atomic E-state index is 0.0552. The van der Waals surface area contributed by atoms with E-state index in [9.17, 15) is 4.79 Å². The average molecular weight is 341 g/mol. The van der Waals surface area contributed by atoms with Crippen molar-refractivity contribution in [3.05, 3.63) is 51.5 Å². The number of aryl methyl sites for hydroxylation is 4. The van der Waals surface area contributed by atoms with Gasteiger partial charge in [0, 0.05) is 29.5 Å². The van der Waals surface area contributed by atoms with Crippen LogP contribution in [-0.4, -0.2) is 16.0 Å². The molecule has 1 amide bonds. The zero-order chi connectivity index (χ0) is 17.1. The number of thiophene rings is 1. The van der Waals surface area contributed by atoms with E-state index < -0.39 is 0 Å². The predicted molar refractivity (Wildman–Crippen MR) is 95.2 cm³/mol. The van der Waals surface area contributed by atoms with E-state index in [2.05, 4.69) is 27.6 Å². The molecule has 0 fully saturated rings. The number of nitrogens with zero attached hydrogens (tertiary/aromatic N) is 2. The molecule has 2 aromatic heterocycles. The van der Waals surface area contributed by atoms with Crippen molar-refractivity contribution in [3.8, 4) is 11.4 Å². The van der Waals surface area contributed by atoms with Crippen LogP contribution in [0.3, 0.4) is 0 Å². The van der Waals surface area contributed by atoms with Crippen molar-refractivity contribution in [2.75, 3.05) is 5.32 Å². The van der Waals surface area contributed by atoms with Crippen LogP contribution in [0, 0.1) is 20.8 Å². The highest BCUT2D eigenvalue weighted by molar-refractivity contribution is 7.08. The lowest BCUT2D eigenvalue weighted by Gasteiger charge is -2.12. The van der Waals surface area contributed by atoms with Gasteiger partial charge in [0.25, 0.3) is 0 Å². The highest BCUT2D eigenvalue weighted by Gasteiger charge is 2.12. The van der Waals surface area contributed by atoms with Gasteiger partial charge in [-0.3, -0.25) is 4.79 Å². The molecule has 0 unspecified atom stereocenters. The second kappa shape index (κ2) is 6.97. The van der Waals surface area contributed by atoms with Crippen molar-refractivity contribution in [3.63, 3.8) is 0 Å². The number of amides is 1. The number of anilines is 1. The molecule has 0 aliphatic heterocycles. The summed E-state index contributed by atoms with van der Waals surface area (Å²) in [4.78, 5) is 16.5. The Hall–Kier alpha value is -2.47. The molecule has 6 heteroatoms. The minimum atomic E-state index is -0.0552. The van der Waals surface area contributed by atoms with Gasteiger partial charge in [-0.15, -0.1) is 0 Å². The van der Waals surface area contributed by atoms with Crippen LogP contribution < -0.4 is 5.32 Å². The number of benzene rings is 1. The molecular formula is C18H19N3O2S. The van der Waals surface area contributed by atoms with Crippen LogP contribution in [-0.2, 0) is 11.2 Å². The molecule has 5 nitrogen and oxygen atoms in total. The SMILES string of the molecule is Cc1cc(C)c(NC(=O)CCc2nc(-c3ccsc3)no2)c(C)c1. The standard InChI is InChI=1S/C18H19N3O2S/c1-11-8-12(2)17(13(3)9-11)19-15(22)4-5-16-20-18(21-23-16)14-6-7-24-10-14/h6-10H,4-5H2,1-3H3,(H,19,22). The molecule has 3 rings (SSSR count). The van der Waals surface area contributed by atoms with Crippen LogP contribution in [0.2, 0.25) is 0 Å². The summed E-state index contributed by atoms with van der Waals surface area (Å²) >= 11 is 1.58. The van der Waals surface area contributed by atoms with Crippen LogP contribution in [0.5, 0.6) is 0 Å². The van der Waals surface area contributed by atoms with E-state index in [1.807, 2.05) is 37.6 Å². The number of hydrogen-bond acceptors (Lipinski definition) is 5. The summed E-state index contributed by atoms with van der Waals surface area (Å²) in [6.07, 6.45) is 0.727. The van der Waals surface area contributed by atoms with Crippen molar-refractivity contribution < 1.29 is 9.32 Å². The topological polar surface area (TPSA) is 68.0 Å². The van der Waals surface area contributed by atoms with Gasteiger partial charge in [0.15, 0.2) is 0 Å². The quantitative estimate of drug-likeness (QED) is 0.751. The number of carbonyl (C=O) groups is 1. The summed E-state index contributed by atoms with van der Waals surface area (Å²) < 4.78 is 5.22. The molecule has 0 atom stereocenters. The van der Waals surface area contributed by atoms with E-state index in [-0.39, 0.29) is 5.91 Å². The monoisotopic (exact) mass is 341 g/mol. The van der Waals surface area contributed by atoms with E-state index in [1.54, 1.807) is 11.3 Å². The zero-order valence-corrected chi connectivity index (χ0v) is 14.7. The third-order valence-electron chi connectivity index (χ3n) is 3.75. The Morgan fingerprint density at radius 2 is 2.00 bits per heavy atom. The second-order valence-electron chi connectivity index (χ2n) is 5.85. The van der Waals surface area contributed by atoms with Gasteiger partial charge in [-0.1, -0.05) is 22.9 Å². The van der Waals surface area contributed by atoms with E-state index in [0.29, 0.717) is 24.6 Å². The van der Waals surface area contributed by atoms with Gasteiger partial charge in [-0.25, -0.2) is 0 Å². The lowest BCUT2D eigenvalue weighted by molar-refractivity contribution is -0.116. The fourth-order valence-electron chi connectivity index (χ4n) is 2.66. The van der Waals surface area contributed by atoms with Gasteiger partial charge in [0.05, 0.1) is 0 Å². The molecule has 0 aliphatic rings. The van der Waals surface area contributed by atoms with Crippen molar-refractivity contribution in [1.82, 2.24) is 10.1 Å². The largest absolute Gasteiger partial charge is 0.339 e. The number of nitrogens with one attached hydrogen (secondary N) is 1. The van der Waals surface area contributed by atoms with Crippen molar-refractivity contribution in [1.29, 1.82) is 0 Å². The Morgan fingerprint density at radius 3 is 2.67 bits per heavy atom. The molecule has 2 heterocycles. The summed E-state index contributed by atoms with van der Waals surface area (Å²) in [6.45, 7) is 6.05. The van der Waals surface area contributed by atoms with Crippen LogP contribution in [0.25, 0.3) is 11.4 Å². The van der Waals surface area contributed by atoms with Crippen molar-refractivity contribution in [2.24, 2.45) is 0 Å². The molecular weight excluding hydrogens is 322 g/mol. The number of hydrogen-bond donors (Lipinski definition) is 1. The first kappa shape index (κ1) is 16.4. The molecule has 3 aromatic rings. The molecule has 124 valence electrons. The maximum absolute atomic E-state index is 12.2. The molecule has 1 aromatic carbocycles. The number of aromatic nitrogens is 2. The van der Waals surface area contributed by atoms with Crippen molar-refractivity contribution >= 4 is 22.9 Å². The Kier molecular flexibility index (Phi) is 4.76. The third kappa shape index (κ3) is 3.71. The normalized spacial score (nSPS) is 10.8. The Morgan fingerprint density at radius 1 is 1.25 bits per heavy atom. The van der Waals surface area contributed by atoms with Crippen molar-refractivity contribution in [2.45, 2.75) is 33.6 Å². The van der Waals surface area contributed by atoms with Gasteiger partial charge in [-0.2, -0.15) is 16.3 Å². The molecule has 0 radical (unpaired) electrons. The number of rotatable bonds is 5. The lowest BCUT2D eigenvalue weighted by Crippen LogP contribution is -2.14. The van der Waals surface area contributed by atoms with E-state index >= 15 is 0 Å². The smallest absolute Gasteiger partial charge is 0.227 e. The lowest BCUT2D eigenvalue weighted by atomic mass is 10.0. The summed E-state index contributed by atoms with van der Waals surface area (Å²) in [6, 6.07) is 6.07. The highest BCUT2D eigenvalue weighted by atomic mass is 32.1. The van der Waals surface area contributed by atoms with Crippen LogP contribution in [0.15, 0.2) is 33.5 Å². The van der Waals surface area contributed by atoms with Crippen LogP contribution in [0.1, 0.15) is 29.0 Å². The summed E-state index contributed by atoms with van der Waals surface area (Å²) in [5.41, 5.74) is 5.15. The highest BCUT2D eigenvalue weighted by Crippen LogP contribution is 2.22. The van der Waals surface area contributed by atoms with Crippen LogP contribution >= 0.6 is 11.3 Å². The summed E-state index contributed by atoms with van der Waals surface area (Å²) in [7, 11) is 0. The molecule has 0 saturated carbocycles. The Balaban J connectivity index is 1.60. The van der Waals surface area contributed by atoms with Gasteiger partial charge in [0.2, 0.25) is 17.6 Å². The van der Waals surface area contributed by atoms with E-state index in [1.165, 1.54) is 5.56 Å². The minimum Gasteiger partial charge on any atom is -0.339 e.